The standard InChI is InChI=1S/C19H15N3O5S/c1-12-6-8-13(9-7-12)18-21-15(11-28-18)19(24)27-10-17(23)20-14-4-2-3-5-16(14)22(25)26/h2-9,11H,10H2,1H3,(H,20,23). The highest BCUT2D eigenvalue weighted by Crippen LogP contribution is 2.25. The first kappa shape index (κ1) is 19.2. The van der Waals surface area contributed by atoms with E-state index in [-0.39, 0.29) is 17.1 Å². The van der Waals surface area contributed by atoms with Crippen LogP contribution < -0.4 is 5.32 Å². The minimum atomic E-state index is -0.743. The molecule has 1 amide bonds. The monoisotopic (exact) mass is 397 g/mol. The minimum absolute atomic E-state index is 0.0314. The summed E-state index contributed by atoms with van der Waals surface area (Å²) in [4.78, 5) is 38.6. The number of carbonyl (C=O) groups excluding carboxylic acids is 2. The molecular weight excluding hydrogens is 382 g/mol. The van der Waals surface area contributed by atoms with Gasteiger partial charge >= 0.3 is 5.97 Å². The molecule has 142 valence electrons. The zero-order valence-electron chi connectivity index (χ0n) is 14.7. The number of nitro groups is 1. The molecule has 0 bridgehead atoms. The SMILES string of the molecule is Cc1ccc(-c2nc(C(=O)OCC(=O)Nc3ccccc3[N+](=O)[O-])cs2)cc1. The van der Waals surface area contributed by atoms with Crippen molar-refractivity contribution in [1.82, 2.24) is 4.98 Å². The van der Waals surface area contributed by atoms with Crippen molar-refractivity contribution in [2.24, 2.45) is 0 Å². The molecule has 0 spiro atoms. The molecule has 1 aromatic heterocycles. The van der Waals surface area contributed by atoms with Gasteiger partial charge in [-0.15, -0.1) is 11.3 Å². The van der Waals surface area contributed by atoms with E-state index in [2.05, 4.69) is 10.3 Å². The Morgan fingerprint density at radius 3 is 2.61 bits per heavy atom. The summed E-state index contributed by atoms with van der Waals surface area (Å²) in [6, 6.07) is 13.4. The van der Waals surface area contributed by atoms with Gasteiger partial charge in [0.1, 0.15) is 10.7 Å². The number of rotatable bonds is 6. The predicted molar refractivity (Wildman–Crippen MR) is 104 cm³/mol. The summed E-state index contributed by atoms with van der Waals surface area (Å²) in [5.74, 6) is -1.43. The third kappa shape index (κ3) is 4.57. The molecule has 0 radical (unpaired) electrons. The smallest absolute Gasteiger partial charge is 0.358 e. The van der Waals surface area contributed by atoms with Crippen LogP contribution in [-0.2, 0) is 9.53 Å². The molecule has 0 saturated carbocycles. The van der Waals surface area contributed by atoms with Crippen molar-refractivity contribution in [2.75, 3.05) is 11.9 Å². The Kier molecular flexibility index (Phi) is 5.75. The first-order valence-corrected chi connectivity index (χ1v) is 9.05. The van der Waals surface area contributed by atoms with Crippen LogP contribution in [0.3, 0.4) is 0 Å². The number of hydrogen-bond donors (Lipinski definition) is 1. The van der Waals surface area contributed by atoms with Gasteiger partial charge in [-0.1, -0.05) is 42.0 Å². The van der Waals surface area contributed by atoms with E-state index in [9.17, 15) is 19.7 Å². The Labute approximate surface area is 164 Å². The van der Waals surface area contributed by atoms with Crippen molar-refractivity contribution in [3.63, 3.8) is 0 Å². The topological polar surface area (TPSA) is 111 Å². The zero-order valence-corrected chi connectivity index (χ0v) is 15.6. The van der Waals surface area contributed by atoms with Crippen molar-refractivity contribution in [2.45, 2.75) is 6.92 Å². The van der Waals surface area contributed by atoms with Gasteiger partial charge in [-0.2, -0.15) is 0 Å². The van der Waals surface area contributed by atoms with Crippen LogP contribution in [0.5, 0.6) is 0 Å². The highest BCUT2D eigenvalue weighted by Gasteiger charge is 2.18. The van der Waals surface area contributed by atoms with Gasteiger partial charge in [-0.05, 0) is 13.0 Å². The van der Waals surface area contributed by atoms with Gasteiger partial charge in [-0.3, -0.25) is 14.9 Å². The third-order valence-corrected chi connectivity index (χ3v) is 4.61. The van der Waals surface area contributed by atoms with Crippen LogP contribution in [0.2, 0.25) is 0 Å². The van der Waals surface area contributed by atoms with Gasteiger partial charge in [0.05, 0.1) is 4.92 Å². The third-order valence-electron chi connectivity index (χ3n) is 3.72. The summed E-state index contributed by atoms with van der Waals surface area (Å²) in [7, 11) is 0. The summed E-state index contributed by atoms with van der Waals surface area (Å²) >= 11 is 1.29. The quantitative estimate of drug-likeness (QED) is 0.384. The number of para-hydroxylation sites is 2. The Bertz CT molecular complexity index is 1030. The van der Waals surface area contributed by atoms with E-state index in [0.717, 1.165) is 11.1 Å². The largest absolute Gasteiger partial charge is 0.451 e. The number of thiazole rings is 1. The number of aromatic nitrogens is 1. The first-order chi connectivity index (χ1) is 13.4. The van der Waals surface area contributed by atoms with E-state index in [4.69, 9.17) is 4.74 Å². The lowest BCUT2D eigenvalue weighted by Crippen LogP contribution is -2.21. The number of esters is 1. The van der Waals surface area contributed by atoms with Crippen molar-refractivity contribution in [3.05, 3.63) is 75.3 Å². The Morgan fingerprint density at radius 1 is 1.18 bits per heavy atom. The van der Waals surface area contributed by atoms with E-state index in [1.807, 2.05) is 31.2 Å². The minimum Gasteiger partial charge on any atom is -0.451 e. The molecule has 3 aromatic rings. The molecule has 28 heavy (non-hydrogen) atoms. The van der Waals surface area contributed by atoms with Crippen LogP contribution in [0.1, 0.15) is 16.1 Å². The van der Waals surface area contributed by atoms with Gasteiger partial charge in [0.2, 0.25) is 0 Å². The summed E-state index contributed by atoms with van der Waals surface area (Å²) in [6.45, 7) is 1.39. The van der Waals surface area contributed by atoms with Crippen molar-refractivity contribution in [3.8, 4) is 10.6 Å². The van der Waals surface area contributed by atoms with Crippen LogP contribution >= 0.6 is 11.3 Å². The fraction of sp³-hybridized carbons (Fsp3) is 0.105. The Morgan fingerprint density at radius 2 is 1.89 bits per heavy atom. The predicted octanol–water partition coefficient (Wildman–Crippen LogP) is 3.82. The van der Waals surface area contributed by atoms with Gasteiger partial charge < -0.3 is 10.1 Å². The first-order valence-electron chi connectivity index (χ1n) is 8.17. The molecule has 0 aliphatic heterocycles. The fourth-order valence-electron chi connectivity index (χ4n) is 2.33. The van der Waals surface area contributed by atoms with Crippen LogP contribution in [0, 0.1) is 17.0 Å². The second-order valence-corrected chi connectivity index (χ2v) is 6.66. The van der Waals surface area contributed by atoms with E-state index >= 15 is 0 Å². The highest BCUT2D eigenvalue weighted by molar-refractivity contribution is 7.13. The van der Waals surface area contributed by atoms with Crippen molar-refractivity contribution >= 4 is 34.6 Å². The van der Waals surface area contributed by atoms with Gasteiger partial charge in [0.25, 0.3) is 11.6 Å². The lowest BCUT2D eigenvalue weighted by molar-refractivity contribution is -0.383. The second kappa shape index (κ2) is 8.40. The molecule has 0 atom stereocenters. The number of hydrogen-bond acceptors (Lipinski definition) is 7. The number of nitrogens with one attached hydrogen (secondary N) is 1. The average Bonchev–Trinajstić information content (AvgIpc) is 3.17. The molecule has 1 heterocycles. The number of anilines is 1. The van der Waals surface area contributed by atoms with E-state index in [1.54, 1.807) is 11.4 Å². The normalized spacial score (nSPS) is 10.3. The maximum atomic E-state index is 12.1. The fourth-order valence-corrected chi connectivity index (χ4v) is 3.12. The number of amides is 1. The van der Waals surface area contributed by atoms with Crippen LogP contribution in [0.4, 0.5) is 11.4 Å². The lowest BCUT2D eigenvalue weighted by atomic mass is 10.2. The number of nitrogens with zero attached hydrogens (tertiary/aromatic N) is 2. The molecule has 1 N–H and O–H groups in total. The second-order valence-electron chi connectivity index (χ2n) is 5.80. The number of ether oxygens (including phenoxy) is 1. The number of aryl methyl sites for hydroxylation is 1. The van der Waals surface area contributed by atoms with Crippen molar-refractivity contribution < 1.29 is 19.2 Å². The van der Waals surface area contributed by atoms with Crippen LogP contribution in [0.15, 0.2) is 53.9 Å². The molecule has 0 aliphatic carbocycles. The van der Waals surface area contributed by atoms with E-state index in [1.165, 1.54) is 29.5 Å². The number of nitro benzene ring substituents is 1. The molecule has 0 saturated heterocycles. The number of carbonyl (C=O) groups is 2. The zero-order chi connectivity index (χ0) is 20.1. The number of benzene rings is 2. The molecular formula is C19H15N3O5S. The Hall–Kier alpha value is -3.59. The van der Waals surface area contributed by atoms with E-state index in [0.29, 0.717) is 5.01 Å². The summed E-state index contributed by atoms with van der Waals surface area (Å²) < 4.78 is 4.95. The molecule has 0 aliphatic rings. The van der Waals surface area contributed by atoms with Crippen LogP contribution in [0.25, 0.3) is 10.6 Å². The van der Waals surface area contributed by atoms with Gasteiger partial charge in [-0.25, -0.2) is 9.78 Å². The summed E-state index contributed by atoms with van der Waals surface area (Å²) in [5, 5.41) is 15.5. The maximum absolute atomic E-state index is 12.1. The molecule has 9 heteroatoms. The van der Waals surface area contributed by atoms with Crippen LogP contribution in [-0.4, -0.2) is 28.4 Å². The molecule has 0 unspecified atom stereocenters. The van der Waals surface area contributed by atoms with E-state index < -0.39 is 23.4 Å². The maximum Gasteiger partial charge on any atom is 0.358 e. The molecule has 3 rings (SSSR count). The molecule has 8 nitrogen and oxygen atoms in total. The Balaban J connectivity index is 1.59. The highest BCUT2D eigenvalue weighted by atomic mass is 32.1. The lowest BCUT2D eigenvalue weighted by Gasteiger charge is -2.06. The van der Waals surface area contributed by atoms with Gasteiger partial charge in [0, 0.05) is 17.0 Å². The summed E-state index contributed by atoms with van der Waals surface area (Å²) in [5.41, 5.74) is 1.88. The molecule has 2 aromatic carbocycles. The average molecular weight is 397 g/mol. The van der Waals surface area contributed by atoms with Crippen molar-refractivity contribution in [1.29, 1.82) is 0 Å². The molecule has 0 fully saturated rings. The summed E-state index contributed by atoms with van der Waals surface area (Å²) in [6.07, 6.45) is 0. The van der Waals surface area contributed by atoms with Gasteiger partial charge in [0.15, 0.2) is 12.3 Å².